The third kappa shape index (κ3) is 1.41. The number of nitriles is 1. The number of halogens is 2. The van der Waals surface area contributed by atoms with Gasteiger partial charge < -0.3 is 0 Å². The van der Waals surface area contributed by atoms with E-state index in [4.69, 9.17) is 5.26 Å². The van der Waals surface area contributed by atoms with Crippen molar-refractivity contribution in [2.45, 2.75) is 4.90 Å². The first kappa shape index (κ1) is 9.01. The maximum atomic E-state index is 12.8. The van der Waals surface area contributed by atoms with E-state index in [0.717, 1.165) is 6.07 Å². The minimum absolute atomic E-state index is 0.220. The van der Waals surface area contributed by atoms with E-state index in [-0.39, 0.29) is 5.56 Å². The largest absolute Gasteiger partial charge is 0.204 e. The average molecular weight is 185 g/mol. The summed E-state index contributed by atoms with van der Waals surface area (Å²) in [6.07, 6.45) is 1.70. The van der Waals surface area contributed by atoms with Crippen LogP contribution < -0.4 is 0 Å². The van der Waals surface area contributed by atoms with Gasteiger partial charge in [0.1, 0.15) is 11.6 Å². The molecule has 0 aromatic heterocycles. The summed E-state index contributed by atoms with van der Waals surface area (Å²) in [7, 11) is 0. The molecule has 0 radical (unpaired) electrons. The molecule has 0 bridgehead atoms. The number of thioether (sulfide) groups is 1. The van der Waals surface area contributed by atoms with Crippen LogP contribution in [0.1, 0.15) is 5.56 Å². The molecule has 0 spiro atoms. The average Bonchev–Trinajstić information content (AvgIpc) is 2.09. The lowest BCUT2D eigenvalue weighted by molar-refractivity contribution is 0.503. The minimum atomic E-state index is -1.07. The van der Waals surface area contributed by atoms with Crippen LogP contribution in [-0.4, -0.2) is 6.26 Å². The summed E-state index contributed by atoms with van der Waals surface area (Å²) < 4.78 is 25.4. The second-order valence-electron chi connectivity index (χ2n) is 2.05. The molecule has 0 atom stereocenters. The molecule has 0 unspecified atom stereocenters. The Morgan fingerprint density at radius 1 is 1.42 bits per heavy atom. The highest BCUT2D eigenvalue weighted by molar-refractivity contribution is 7.98. The van der Waals surface area contributed by atoms with E-state index in [1.807, 2.05) is 0 Å². The van der Waals surface area contributed by atoms with Gasteiger partial charge in [-0.15, -0.1) is 11.8 Å². The van der Waals surface area contributed by atoms with Crippen molar-refractivity contribution in [3.05, 3.63) is 29.3 Å². The lowest BCUT2D eigenvalue weighted by Crippen LogP contribution is -1.91. The van der Waals surface area contributed by atoms with Crippen LogP contribution in [-0.2, 0) is 0 Å². The van der Waals surface area contributed by atoms with E-state index in [1.165, 1.54) is 17.8 Å². The zero-order chi connectivity index (χ0) is 9.14. The number of nitrogens with zero attached hydrogens (tertiary/aromatic N) is 1. The molecule has 1 aromatic rings. The van der Waals surface area contributed by atoms with Crippen molar-refractivity contribution >= 4 is 11.8 Å². The summed E-state index contributed by atoms with van der Waals surface area (Å²) in [5, 5.41) is 8.48. The van der Waals surface area contributed by atoms with E-state index in [0.29, 0.717) is 4.90 Å². The third-order valence-corrected chi connectivity index (χ3v) is 2.17. The second-order valence-corrected chi connectivity index (χ2v) is 2.90. The van der Waals surface area contributed by atoms with Crippen molar-refractivity contribution in [2.75, 3.05) is 6.26 Å². The quantitative estimate of drug-likeness (QED) is 0.628. The highest BCUT2D eigenvalue weighted by Crippen LogP contribution is 2.23. The van der Waals surface area contributed by atoms with Gasteiger partial charge in [0.2, 0.25) is 0 Å². The van der Waals surface area contributed by atoms with Gasteiger partial charge in [-0.2, -0.15) is 5.26 Å². The predicted octanol–water partition coefficient (Wildman–Crippen LogP) is 2.56. The van der Waals surface area contributed by atoms with Gasteiger partial charge in [-0.05, 0) is 18.4 Å². The molecule has 62 valence electrons. The lowest BCUT2D eigenvalue weighted by Gasteiger charge is -2.00. The molecule has 0 N–H and O–H groups in total. The predicted molar refractivity (Wildman–Crippen MR) is 42.9 cm³/mol. The van der Waals surface area contributed by atoms with Gasteiger partial charge in [0.25, 0.3) is 0 Å². The molecule has 0 aliphatic carbocycles. The molecule has 4 heteroatoms. The summed E-state index contributed by atoms with van der Waals surface area (Å²) in [6, 6.07) is 4.03. The van der Waals surface area contributed by atoms with Crippen LogP contribution in [0.5, 0.6) is 0 Å². The van der Waals surface area contributed by atoms with Crippen molar-refractivity contribution in [1.82, 2.24) is 0 Å². The summed E-state index contributed by atoms with van der Waals surface area (Å²) in [6.45, 7) is 0. The fraction of sp³-hybridized carbons (Fsp3) is 0.125. The molecule has 0 fully saturated rings. The van der Waals surface area contributed by atoms with E-state index < -0.39 is 11.6 Å². The monoisotopic (exact) mass is 185 g/mol. The Kier molecular flexibility index (Phi) is 2.66. The van der Waals surface area contributed by atoms with Crippen molar-refractivity contribution in [3.63, 3.8) is 0 Å². The number of rotatable bonds is 1. The Morgan fingerprint density at radius 2 is 2.08 bits per heavy atom. The number of hydrogen-bond acceptors (Lipinski definition) is 2. The topological polar surface area (TPSA) is 23.8 Å². The molecule has 0 saturated carbocycles. The van der Waals surface area contributed by atoms with Gasteiger partial charge in [0.15, 0.2) is 11.6 Å². The van der Waals surface area contributed by atoms with Gasteiger partial charge in [0.05, 0.1) is 0 Å². The van der Waals surface area contributed by atoms with Crippen LogP contribution in [0.15, 0.2) is 17.0 Å². The maximum Gasteiger partial charge on any atom is 0.177 e. The number of benzene rings is 1. The van der Waals surface area contributed by atoms with Crippen molar-refractivity contribution in [2.24, 2.45) is 0 Å². The smallest absolute Gasteiger partial charge is 0.177 e. The normalized spacial score (nSPS) is 9.50. The SMILES string of the molecule is CSc1ccc(F)c(F)c1C#N. The van der Waals surface area contributed by atoms with Crippen LogP contribution in [0, 0.1) is 23.0 Å². The summed E-state index contributed by atoms with van der Waals surface area (Å²) in [5.74, 6) is -2.05. The van der Waals surface area contributed by atoms with Gasteiger partial charge in [-0.3, -0.25) is 0 Å². The Balaban J connectivity index is 3.38. The van der Waals surface area contributed by atoms with Crippen molar-refractivity contribution < 1.29 is 8.78 Å². The number of hydrogen-bond donors (Lipinski definition) is 0. The van der Waals surface area contributed by atoms with Gasteiger partial charge in [-0.1, -0.05) is 0 Å². The highest BCUT2D eigenvalue weighted by atomic mass is 32.2. The van der Waals surface area contributed by atoms with Crippen molar-refractivity contribution in [3.8, 4) is 6.07 Å². The standard InChI is InChI=1S/C8H5F2NS/c1-12-7-3-2-6(9)8(10)5(7)4-11/h2-3H,1H3. The highest BCUT2D eigenvalue weighted by Gasteiger charge is 2.11. The van der Waals surface area contributed by atoms with E-state index in [9.17, 15) is 8.78 Å². The van der Waals surface area contributed by atoms with Crippen LogP contribution in [0.25, 0.3) is 0 Å². The molecule has 0 amide bonds. The fourth-order valence-electron chi connectivity index (χ4n) is 0.807. The second kappa shape index (κ2) is 3.55. The zero-order valence-electron chi connectivity index (χ0n) is 6.27. The Hall–Kier alpha value is -1.08. The third-order valence-electron chi connectivity index (χ3n) is 1.39. The summed E-state index contributed by atoms with van der Waals surface area (Å²) >= 11 is 1.21. The molecule has 1 nitrogen and oxygen atoms in total. The Labute approximate surface area is 73.0 Å². The molecule has 12 heavy (non-hydrogen) atoms. The van der Waals surface area contributed by atoms with Crippen molar-refractivity contribution in [1.29, 1.82) is 5.26 Å². The van der Waals surface area contributed by atoms with E-state index in [1.54, 1.807) is 12.3 Å². The zero-order valence-corrected chi connectivity index (χ0v) is 7.08. The van der Waals surface area contributed by atoms with E-state index in [2.05, 4.69) is 0 Å². The van der Waals surface area contributed by atoms with Crippen LogP contribution in [0.4, 0.5) is 8.78 Å². The lowest BCUT2D eigenvalue weighted by atomic mass is 10.2. The Bertz CT molecular complexity index is 344. The molecule has 0 aliphatic heterocycles. The van der Waals surface area contributed by atoms with Gasteiger partial charge >= 0.3 is 0 Å². The molecular formula is C8H5F2NS. The molecule has 0 heterocycles. The fourth-order valence-corrected chi connectivity index (χ4v) is 1.35. The molecule has 1 aromatic carbocycles. The molecule has 0 aliphatic rings. The summed E-state index contributed by atoms with van der Waals surface area (Å²) in [5.41, 5.74) is -0.220. The van der Waals surface area contributed by atoms with E-state index >= 15 is 0 Å². The molecular weight excluding hydrogens is 180 g/mol. The van der Waals surface area contributed by atoms with Gasteiger partial charge in [-0.25, -0.2) is 8.78 Å². The minimum Gasteiger partial charge on any atom is -0.204 e. The molecule has 1 rings (SSSR count). The Morgan fingerprint density at radius 3 is 2.58 bits per heavy atom. The maximum absolute atomic E-state index is 12.8. The van der Waals surface area contributed by atoms with Crippen LogP contribution in [0.2, 0.25) is 0 Å². The first-order chi connectivity index (χ1) is 5.70. The summed E-state index contributed by atoms with van der Waals surface area (Å²) in [4.78, 5) is 0.455. The first-order valence-electron chi connectivity index (χ1n) is 3.12. The van der Waals surface area contributed by atoms with Crippen LogP contribution >= 0.6 is 11.8 Å². The molecule has 0 saturated heterocycles. The van der Waals surface area contributed by atoms with Crippen LogP contribution in [0.3, 0.4) is 0 Å². The first-order valence-corrected chi connectivity index (χ1v) is 4.35. The van der Waals surface area contributed by atoms with Gasteiger partial charge in [0, 0.05) is 4.90 Å².